The minimum atomic E-state index is -0.688. The van der Waals surface area contributed by atoms with Gasteiger partial charge in [0.2, 0.25) is 5.88 Å². The fourth-order valence-corrected chi connectivity index (χ4v) is 5.32. The lowest BCUT2D eigenvalue weighted by Crippen LogP contribution is -2.44. The fourth-order valence-electron chi connectivity index (χ4n) is 5.32. The molecule has 1 aliphatic rings. The molecule has 42 heavy (non-hydrogen) atoms. The van der Waals surface area contributed by atoms with Gasteiger partial charge in [0.05, 0.1) is 25.1 Å². The number of nitrogens with one attached hydrogen (secondary N) is 3. The predicted molar refractivity (Wildman–Crippen MR) is 160 cm³/mol. The molecule has 0 saturated heterocycles. The van der Waals surface area contributed by atoms with E-state index < -0.39 is 11.8 Å². The summed E-state index contributed by atoms with van der Waals surface area (Å²) in [6.45, 7) is 9.22. The fraction of sp³-hybridized carbons (Fsp3) is 0.367. The van der Waals surface area contributed by atoms with Crippen molar-refractivity contribution in [2.24, 2.45) is 10.8 Å². The first kappa shape index (κ1) is 30.3. The zero-order chi connectivity index (χ0) is 30.6. The van der Waals surface area contributed by atoms with Gasteiger partial charge in [-0.15, -0.1) is 0 Å². The van der Waals surface area contributed by atoms with Gasteiger partial charge in [0.25, 0.3) is 5.91 Å². The number of hydrogen-bond acceptors (Lipinski definition) is 9. The van der Waals surface area contributed by atoms with Gasteiger partial charge in [0, 0.05) is 38.3 Å². The Bertz CT molecular complexity index is 1650. The van der Waals surface area contributed by atoms with Crippen molar-refractivity contribution < 1.29 is 19.4 Å². The Morgan fingerprint density at radius 3 is 2.45 bits per heavy atom. The Labute approximate surface area is 244 Å². The second kappa shape index (κ2) is 12.9. The maximum Gasteiger partial charge on any atom is 0.330 e. The molecule has 2 aromatic carbocycles. The third kappa shape index (κ3) is 5.98. The van der Waals surface area contributed by atoms with Crippen molar-refractivity contribution in [3.8, 4) is 22.8 Å². The molecule has 1 aliphatic heterocycles. The Balaban J connectivity index is 1.88. The summed E-state index contributed by atoms with van der Waals surface area (Å²) < 4.78 is 14.7. The Kier molecular flexibility index (Phi) is 9.26. The van der Waals surface area contributed by atoms with Gasteiger partial charge in [-0.2, -0.15) is 0 Å². The van der Waals surface area contributed by atoms with E-state index in [1.807, 2.05) is 51.3 Å². The normalized spacial score (nSPS) is 13.1. The van der Waals surface area contributed by atoms with Gasteiger partial charge in [0.1, 0.15) is 5.49 Å². The lowest BCUT2D eigenvalue weighted by Gasteiger charge is -2.25. The number of aryl methyl sites for hydroxylation is 4. The molecule has 1 aromatic heterocycles. The molecule has 224 valence electrons. The summed E-state index contributed by atoms with van der Waals surface area (Å²) >= 11 is 0. The van der Waals surface area contributed by atoms with E-state index >= 15 is 0 Å². The zero-order valence-corrected chi connectivity index (χ0v) is 24.9. The van der Waals surface area contributed by atoms with Crippen molar-refractivity contribution in [2.45, 2.75) is 47.2 Å². The van der Waals surface area contributed by atoms with E-state index in [4.69, 9.17) is 20.3 Å². The summed E-state index contributed by atoms with van der Waals surface area (Å²) in [6, 6.07) is 9.92. The van der Waals surface area contributed by atoms with Crippen LogP contribution in [0.2, 0.25) is 0 Å². The summed E-state index contributed by atoms with van der Waals surface area (Å²) in [5.74, 6) is 5.38. The smallest absolute Gasteiger partial charge is 0.330 e. The van der Waals surface area contributed by atoms with Crippen LogP contribution in [0, 0.1) is 20.8 Å². The van der Waals surface area contributed by atoms with Gasteiger partial charge in [-0.05, 0) is 62.9 Å². The molecule has 2 heterocycles. The van der Waals surface area contributed by atoms with Gasteiger partial charge in [-0.25, -0.2) is 15.6 Å². The van der Waals surface area contributed by atoms with E-state index in [0.29, 0.717) is 36.6 Å². The van der Waals surface area contributed by atoms with Gasteiger partial charge in [0.15, 0.2) is 17.2 Å². The molecule has 0 aliphatic carbocycles. The minimum Gasteiger partial charge on any atom is -0.493 e. The highest BCUT2D eigenvalue weighted by atomic mass is 16.5. The molecular weight excluding hydrogens is 538 g/mol. The number of carbonyl (C=O) groups is 1. The number of methoxy groups -OCH3 is 1. The molecule has 1 amide bonds. The van der Waals surface area contributed by atoms with E-state index in [9.17, 15) is 14.7 Å². The second-order valence-corrected chi connectivity index (χ2v) is 10.0. The number of nitrogens with zero attached hydrogens (tertiary/aromatic N) is 3. The maximum absolute atomic E-state index is 14.0. The zero-order valence-electron chi connectivity index (χ0n) is 24.9. The van der Waals surface area contributed by atoms with Gasteiger partial charge in [-0.3, -0.25) is 19.4 Å². The maximum atomic E-state index is 14.0. The monoisotopic (exact) mass is 577 g/mol. The topological polar surface area (TPSA) is 157 Å². The van der Waals surface area contributed by atoms with Crippen LogP contribution in [0.25, 0.3) is 11.3 Å². The predicted octanol–water partition coefficient (Wildman–Crippen LogP) is 1.96. The standard InChI is InChI=1S/C30H39N7O5/c1-7-42-24-14-20-8-10-36-22(21(20)15-23(24)41-6)16-25(34-26-18(3)12-17(2)13-19(26)4)37(30(36)40)11-9-33-28(38)27(32-5)29(39)35-31/h12-16,32-33,38H,7-11,31H2,1-6H3,(H,35,39). The molecule has 0 unspecified atom stereocenters. The third-order valence-corrected chi connectivity index (χ3v) is 7.20. The highest BCUT2D eigenvalue weighted by molar-refractivity contribution is 5.92. The molecule has 12 nitrogen and oxygen atoms in total. The number of ether oxygens (including phenoxy) is 2. The van der Waals surface area contributed by atoms with Gasteiger partial charge in [-0.1, -0.05) is 17.7 Å². The molecular formula is C30H39N7O5. The SMILES string of the molecule is CCOc1cc2c(cc1OC)-c1cc(=Nc3c(C)cc(C)cc3C)n(CCNC(O)=C(NC)C(=O)NN)c(=O)n1CC2. The molecule has 0 atom stereocenters. The van der Waals surface area contributed by atoms with Gasteiger partial charge < -0.3 is 25.2 Å². The number of benzene rings is 2. The number of hydrogen-bond donors (Lipinski definition) is 5. The lowest BCUT2D eigenvalue weighted by atomic mass is 9.97. The summed E-state index contributed by atoms with van der Waals surface area (Å²) in [5, 5.41) is 15.8. The number of aromatic nitrogens is 2. The molecule has 0 spiro atoms. The first-order chi connectivity index (χ1) is 20.1. The molecule has 12 heteroatoms. The third-order valence-electron chi connectivity index (χ3n) is 7.20. The Hall–Kier alpha value is -4.71. The number of fused-ring (bicyclic) bond motifs is 3. The van der Waals surface area contributed by atoms with Gasteiger partial charge >= 0.3 is 5.69 Å². The van der Waals surface area contributed by atoms with Crippen LogP contribution in [0.1, 0.15) is 29.2 Å². The Morgan fingerprint density at radius 2 is 1.83 bits per heavy atom. The highest BCUT2D eigenvalue weighted by Crippen LogP contribution is 2.37. The van der Waals surface area contributed by atoms with Crippen LogP contribution >= 0.6 is 0 Å². The molecule has 4 rings (SSSR count). The van der Waals surface area contributed by atoms with Crippen molar-refractivity contribution in [1.29, 1.82) is 0 Å². The van der Waals surface area contributed by atoms with Crippen molar-refractivity contribution in [2.75, 3.05) is 27.3 Å². The molecule has 0 saturated carbocycles. The van der Waals surface area contributed by atoms with E-state index in [2.05, 4.69) is 22.8 Å². The van der Waals surface area contributed by atoms with E-state index in [-0.39, 0.29) is 24.5 Å². The van der Waals surface area contributed by atoms with E-state index in [1.54, 1.807) is 16.2 Å². The summed E-state index contributed by atoms with van der Waals surface area (Å²) in [4.78, 5) is 31.0. The van der Waals surface area contributed by atoms with Crippen LogP contribution in [0.3, 0.4) is 0 Å². The molecule has 0 radical (unpaired) electrons. The quantitative estimate of drug-likeness (QED) is 0.0805. The summed E-state index contributed by atoms with van der Waals surface area (Å²) in [5.41, 5.74) is 8.62. The second-order valence-electron chi connectivity index (χ2n) is 10.0. The summed E-state index contributed by atoms with van der Waals surface area (Å²) in [6.07, 6.45) is 0.639. The molecule has 3 aromatic rings. The number of amides is 1. The number of carbonyl (C=O) groups excluding carboxylic acids is 1. The molecule has 0 bridgehead atoms. The number of hydrazine groups is 1. The number of nitrogens with two attached hydrogens (primary N) is 1. The van der Waals surface area contributed by atoms with E-state index in [0.717, 1.165) is 39.2 Å². The lowest BCUT2D eigenvalue weighted by molar-refractivity contribution is -0.118. The summed E-state index contributed by atoms with van der Waals surface area (Å²) in [7, 11) is 3.08. The van der Waals surface area contributed by atoms with Crippen molar-refractivity contribution in [1.82, 2.24) is 25.2 Å². The number of rotatable bonds is 10. The van der Waals surface area contributed by atoms with E-state index in [1.165, 1.54) is 7.05 Å². The Morgan fingerprint density at radius 1 is 1.12 bits per heavy atom. The number of aliphatic hydroxyl groups is 1. The average molecular weight is 578 g/mol. The van der Waals surface area contributed by atoms with Crippen LogP contribution < -0.4 is 42.6 Å². The largest absolute Gasteiger partial charge is 0.493 e. The van der Waals surface area contributed by atoms with Crippen LogP contribution in [-0.2, 0) is 24.3 Å². The molecule has 0 fully saturated rings. The minimum absolute atomic E-state index is 0.127. The van der Waals surface area contributed by atoms with Crippen molar-refractivity contribution >= 4 is 11.6 Å². The number of aliphatic hydroxyl groups excluding tert-OH is 1. The van der Waals surface area contributed by atoms with Crippen LogP contribution in [0.5, 0.6) is 11.5 Å². The van der Waals surface area contributed by atoms with Crippen LogP contribution in [0.4, 0.5) is 5.69 Å². The van der Waals surface area contributed by atoms with Crippen molar-refractivity contribution in [3.05, 3.63) is 80.1 Å². The highest BCUT2D eigenvalue weighted by Gasteiger charge is 2.23. The van der Waals surface area contributed by atoms with Crippen molar-refractivity contribution in [3.63, 3.8) is 0 Å². The first-order valence-corrected chi connectivity index (χ1v) is 13.8. The van der Waals surface area contributed by atoms with Crippen LogP contribution in [0.15, 0.2) is 51.7 Å². The molecule has 6 N–H and O–H groups in total. The van der Waals surface area contributed by atoms with Crippen LogP contribution in [-0.4, -0.2) is 47.5 Å². The average Bonchev–Trinajstić information content (AvgIpc) is 2.96. The number of likely N-dealkylation sites (N-methyl/N-ethyl adjacent to an activating group) is 1. The first-order valence-electron chi connectivity index (χ1n) is 13.8.